The van der Waals surface area contributed by atoms with E-state index in [1.807, 2.05) is 24.0 Å². The van der Waals surface area contributed by atoms with Crippen LogP contribution in [0.1, 0.15) is 47.4 Å². The Morgan fingerprint density at radius 3 is 2.66 bits per heavy atom. The van der Waals surface area contributed by atoms with E-state index in [2.05, 4.69) is 17.2 Å². The second kappa shape index (κ2) is 7.99. The lowest BCUT2D eigenvalue weighted by Gasteiger charge is -2.29. The van der Waals surface area contributed by atoms with Gasteiger partial charge in [-0.3, -0.25) is 9.59 Å². The van der Waals surface area contributed by atoms with Crippen LogP contribution in [0.5, 0.6) is 0 Å². The molecule has 0 aliphatic heterocycles. The smallest absolute Gasteiger partial charge is 0.274 e. The van der Waals surface area contributed by atoms with E-state index in [4.69, 9.17) is 0 Å². The van der Waals surface area contributed by atoms with Gasteiger partial charge >= 0.3 is 0 Å². The Balaban J connectivity index is 1.70. The van der Waals surface area contributed by atoms with Crippen LogP contribution >= 0.6 is 0 Å². The number of fused-ring (bicyclic) bond motifs is 1. The number of halogens is 1. The summed E-state index contributed by atoms with van der Waals surface area (Å²) in [6.45, 7) is 2.64. The maximum absolute atomic E-state index is 13.4. The number of carbonyl (C=O) groups is 1. The maximum Gasteiger partial charge on any atom is 0.274 e. The molecule has 0 radical (unpaired) electrons. The first kappa shape index (κ1) is 19.1. The fraction of sp³-hybridized carbons (Fsp3) is 0.261. The van der Waals surface area contributed by atoms with Crippen LogP contribution in [0, 0.1) is 5.82 Å². The highest BCUT2D eigenvalue weighted by Crippen LogP contribution is 2.36. The summed E-state index contributed by atoms with van der Waals surface area (Å²) in [6, 6.07) is 16.5. The standard InChI is InChI=1S/C23H22FN3O2/c1-2-15-26(21-13-7-16-5-3-4-6-19(16)21)23(29)20-12-14-22(28)27(25-20)18-10-8-17(24)9-11-18/h3-6,8-12,14,21H,2,7,13,15H2,1H3. The molecule has 0 N–H and O–H groups in total. The van der Waals surface area contributed by atoms with Gasteiger partial charge in [-0.2, -0.15) is 9.78 Å². The summed E-state index contributed by atoms with van der Waals surface area (Å²) < 4.78 is 14.4. The van der Waals surface area contributed by atoms with E-state index in [0.29, 0.717) is 12.2 Å². The van der Waals surface area contributed by atoms with E-state index in [-0.39, 0.29) is 23.2 Å². The van der Waals surface area contributed by atoms with Gasteiger partial charge in [0.25, 0.3) is 11.5 Å². The van der Waals surface area contributed by atoms with E-state index >= 15 is 0 Å². The molecule has 1 unspecified atom stereocenters. The second-order valence-electron chi connectivity index (χ2n) is 7.20. The van der Waals surface area contributed by atoms with Crippen LogP contribution in [0.2, 0.25) is 0 Å². The first-order valence-corrected chi connectivity index (χ1v) is 9.83. The Bertz CT molecular complexity index is 1090. The van der Waals surface area contributed by atoms with Gasteiger partial charge in [0.05, 0.1) is 11.7 Å². The number of amides is 1. The molecule has 4 rings (SSSR count). The van der Waals surface area contributed by atoms with Gasteiger partial charge in [0.15, 0.2) is 0 Å². The molecule has 1 amide bonds. The van der Waals surface area contributed by atoms with E-state index in [9.17, 15) is 14.0 Å². The number of nitrogens with zero attached hydrogens (tertiary/aromatic N) is 3. The quantitative estimate of drug-likeness (QED) is 0.663. The molecule has 1 heterocycles. The highest BCUT2D eigenvalue weighted by atomic mass is 19.1. The lowest BCUT2D eigenvalue weighted by molar-refractivity contribution is 0.0667. The van der Waals surface area contributed by atoms with Crippen molar-refractivity contribution in [2.45, 2.75) is 32.2 Å². The number of rotatable bonds is 5. The Morgan fingerprint density at radius 1 is 1.14 bits per heavy atom. The van der Waals surface area contributed by atoms with Crippen molar-refractivity contribution >= 4 is 5.91 Å². The van der Waals surface area contributed by atoms with Crippen LogP contribution in [0.4, 0.5) is 4.39 Å². The molecule has 5 nitrogen and oxygen atoms in total. The molecule has 0 saturated carbocycles. The predicted molar refractivity (Wildman–Crippen MR) is 109 cm³/mol. The summed E-state index contributed by atoms with van der Waals surface area (Å²) >= 11 is 0. The predicted octanol–water partition coefficient (Wildman–Crippen LogP) is 3.91. The number of benzene rings is 2. The molecule has 0 fully saturated rings. The Kier molecular flexibility index (Phi) is 5.25. The van der Waals surface area contributed by atoms with Gasteiger partial charge in [0.1, 0.15) is 11.5 Å². The zero-order valence-electron chi connectivity index (χ0n) is 16.2. The molecular weight excluding hydrogens is 369 g/mol. The number of aromatic nitrogens is 2. The summed E-state index contributed by atoms with van der Waals surface area (Å²) in [5, 5.41) is 4.29. The van der Waals surface area contributed by atoms with Crippen LogP contribution in [0.15, 0.2) is 65.5 Å². The number of hydrogen-bond acceptors (Lipinski definition) is 3. The average Bonchev–Trinajstić information content (AvgIpc) is 3.16. The Labute approximate surface area is 168 Å². The Morgan fingerprint density at radius 2 is 1.90 bits per heavy atom. The van der Waals surface area contributed by atoms with Crippen LogP contribution < -0.4 is 5.56 Å². The fourth-order valence-corrected chi connectivity index (χ4v) is 3.94. The van der Waals surface area contributed by atoms with Crippen LogP contribution in [-0.2, 0) is 6.42 Å². The highest BCUT2D eigenvalue weighted by Gasteiger charge is 2.31. The fourth-order valence-electron chi connectivity index (χ4n) is 3.94. The normalized spacial score (nSPS) is 15.2. The van der Waals surface area contributed by atoms with Crippen molar-refractivity contribution in [3.63, 3.8) is 0 Å². The van der Waals surface area contributed by atoms with E-state index < -0.39 is 5.82 Å². The molecule has 2 aromatic carbocycles. The van der Waals surface area contributed by atoms with E-state index in [0.717, 1.165) is 23.9 Å². The van der Waals surface area contributed by atoms with Crippen LogP contribution in [0.25, 0.3) is 5.69 Å². The third kappa shape index (κ3) is 3.70. The molecule has 0 saturated heterocycles. The first-order valence-electron chi connectivity index (χ1n) is 9.83. The van der Waals surface area contributed by atoms with Gasteiger partial charge in [0.2, 0.25) is 0 Å². The van der Waals surface area contributed by atoms with Gasteiger partial charge in [-0.25, -0.2) is 4.39 Å². The first-order chi connectivity index (χ1) is 14.1. The van der Waals surface area contributed by atoms with Gasteiger partial charge in [-0.1, -0.05) is 31.2 Å². The van der Waals surface area contributed by atoms with Crippen molar-refractivity contribution in [1.82, 2.24) is 14.7 Å². The van der Waals surface area contributed by atoms with Crippen LogP contribution in [-0.4, -0.2) is 27.1 Å². The van der Waals surface area contributed by atoms with Crippen molar-refractivity contribution in [3.8, 4) is 5.69 Å². The summed E-state index contributed by atoms with van der Waals surface area (Å²) in [6.07, 6.45) is 2.64. The number of hydrogen-bond donors (Lipinski definition) is 0. The third-order valence-corrected chi connectivity index (χ3v) is 5.29. The zero-order chi connectivity index (χ0) is 20.4. The van der Waals surface area contributed by atoms with Gasteiger partial charge in [-0.05, 0) is 60.7 Å². The third-order valence-electron chi connectivity index (χ3n) is 5.29. The number of aryl methyl sites for hydroxylation is 1. The topological polar surface area (TPSA) is 55.2 Å². The minimum atomic E-state index is -0.400. The molecule has 148 valence electrons. The van der Waals surface area contributed by atoms with Crippen molar-refractivity contribution < 1.29 is 9.18 Å². The summed E-state index contributed by atoms with van der Waals surface area (Å²) in [5.41, 5.74) is 2.70. The zero-order valence-corrected chi connectivity index (χ0v) is 16.2. The molecular formula is C23H22FN3O2. The number of carbonyl (C=O) groups excluding carboxylic acids is 1. The Hall–Kier alpha value is -3.28. The molecule has 1 aliphatic rings. The molecule has 3 aromatic rings. The summed E-state index contributed by atoms with van der Waals surface area (Å²) in [7, 11) is 0. The lowest BCUT2D eigenvalue weighted by atomic mass is 10.1. The van der Waals surface area contributed by atoms with Crippen molar-refractivity contribution in [2.75, 3.05) is 6.54 Å². The molecule has 6 heteroatoms. The molecule has 1 atom stereocenters. The maximum atomic E-state index is 13.4. The van der Waals surface area contributed by atoms with Crippen molar-refractivity contribution in [3.05, 3.63) is 93.7 Å². The highest BCUT2D eigenvalue weighted by molar-refractivity contribution is 5.92. The average molecular weight is 391 g/mol. The monoisotopic (exact) mass is 391 g/mol. The van der Waals surface area contributed by atoms with E-state index in [1.165, 1.54) is 47.5 Å². The summed E-state index contributed by atoms with van der Waals surface area (Å²) in [4.78, 5) is 27.5. The molecule has 1 aliphatic carbocycles. The largest absolute Gasteiger partial charge is 0.330 e. The molecule has 0 bridgehead atoms. The minimum Gasteiger partial charge on any atom is -0.330 e. The van der Waals surface area contributed by atoms with Gasteiger partial charge < -0.3 is 4.90 Å². The van der Waals surface area contributed by atoms with Crippen molar-refractivity contribution in [1.29, 1.82) is 0 Å². The molecule has 29 heavy (non-hydrogen) atoms. The van der Waals surface area contributed by atoms with Crippen LogP contribution in [0.3, 0.4) is 0 Å². The van der Waals surface area contributed by atoms with Gasteiger partial charge in [-0.15, -0.1) is 0 Å². The summed E-state index contributed by atoms with van der Waals surface area (Å²) in [5.74, 6) is -0.604. The van der Waals surface area contributed by atoms with E-state index in [1.54, 1.807) is 0 Å². The second-order valence-corrected chi connectivity index (χ2v) is 7.20. The molecule has 0 spiro atoms. The minimum absolute atomic E-state index is 0.00616. The molecule has 1 aromatic heterocycles. The lowest BCUT2D eigenvalue weighted by Crippen LogP contribution is -2.36. The SMILES string of the molecule is CCCN(C(=O)c1ccc(=O)n(-c2ccc(F)cc2)n1)C1CCc2ccccc21. The van der Waals surface area contributed by atoms with Crippen molar-refractivity contribution in [2.24, 2.45) is 0 Å². The van der Waals surface area contributed by atoms with Gasteiger partial charge in [0, 0.05) is 12.6 Å².